The number of methoxy groups -OCH3 is 2. The van der Waals surface area contributed by atoms with Crippen molar-refractivity contribution >= 4 is 5.97 Å². The average Bonchev–Trinajstić information content (AvgIpc) is 3.21. The number of benzene rings is 1. The van der Waals surface area contributed by atoms with Gasteiger partial charge in [-0.3, -0.25) is 9.69 Å². The number of carbonyl (C=O) groups is 1. The molecule has 0 atom stereocenters. The van der Waals surface area contributed by atoms with E-state index >= 15 is 0 Å². The Hall–Kier alpha value is -1.75. The van der Waals surface area contributed by atoms with Crippen LogP contribution in [0.3, 0.4) is 0 Å². The lowest BCUT2D eigenvalue weighted by molar-refractivity contribution is -0.138. The van der Waals surface area contributed by atoms with Crippen molar-refractivity contribution in [1.29, 1.82) is 0 Å². The van der Waals surface area contributed by atoms with Crippen LogP contribution in [0.4, 0.5) is 0 Å². The summed E-state index contributed by atoms with van der Waals surface area (Å²) in [5, 5.41) is 9.01. The van der Waals surface area contributed by atoms with Gasteiger partial charge < -0.3 is 14.6 Å². The van der Waals surface area contributed by atoms with E-state index in [1.54, 1.807) is 14.2 Å². The SMILES string of the molecule is COc1cc(CN(CC(=O)O)CC2CC2)cc(OC)c1. The Balaban J connectivity index is 2.09. The number of rotatable bonds is 8. The second-order valence-corrected chi connectivity index (χ2v) is 5.23. The number of carboxylic acids is 1. The predicted molar refractivity (Wildman–Crippen MR) is 75.2 cm³/mol. The number of carboxylic acid groups (broad SMARTS) is 1. The predicted octanol–water partition coefficient (Wildman–Crippen LogP) is 2.00. The zero-order valence-corrected chi connectivity index (χ0v) is 12.0. The molecular formula is C15H21NO4. The van der Waals surface area contributed by atoms with Crippen LogP contribution in [0, 0.1) is 5.92 Å². The lowest BCUT2D eigenvalue weighted by Crippen LogP contribution is -2.31. The van der Waals surface area contributed by atoms with E-state index in [1.165, 1.54) is 12.8 Å². The van der Waals surface area contributed by atoms with Crippen molar-refractivity contribution in [2.24, 2.45) is 5.92 Å². The van der Waals surface area contributed by atoms with E-state index in [-0.39, 0.29) is 6.54 Å². The minimum absolute atomic E-state index is 0.0655. The van der Waals surface area contributed by atoms with Gasteiger partial charge in [-0.1, -0.05) is 0 Å². The summed E-state index contributed by atoms with van der Waals surface area (Å²) in [5.74, 6) is 1.31. The third kappa shape index (κ3) is 4.42. The first-order chi connectivity index (χ1) is 9.60. The van der Waals surface area contributed by atoms with Crippen molar-refractivity contribution < 1.29 is 19.4 Å². The maximum atomic E-state index is 11.0. The van der Waals surface area contributed by atoms with Gasteiger partial charge in [0.05, 0.1) is 20.8 Å². The molecule has 0 unspecified atom stereocenters. The van der Waals surface area contributed by atoms with E-state index in [1.807, 2.05) is 23.1 Å². The molecule has 0 spiro atoms. The zero-order valence-electron chi connectivity index (χ0n) is 12.0. The van der Waals surface area contributed by atoms with Crippen molar-refractivity contribution in [1.82, 2.24) is 4.90 Å². The average molecular weight is 279 g/mol. The molecule has 5 heteroatoms. The van der Waals surface area contributed by atoms with E-state index < -0.39 is 5.97 Å². The Labute approximate surface area is 119 Å². The van der Waals surface area contributed by atoms with Crippen LogP contribution in [0.25, 0.3) is 0 Å². The van der Waals surface area contributed by atoms with E-state index in [0.717, 1.165) is 23.6 Å². The van der Waals surface area contributed by atoms with Gasteiger partial charge >= 0.3 is 5.97 Å². The van der Waals surface area contributed by atoms with Gasteiger partial charge in [-0.15, -0.1) is 0 Å². The van der Waals surface area contributed by atoms with Crippen molar-refractivity contribution in [2.45, 2.75) is 19.4 Å². The molecule has 1 aliphatic carbocycles. The molecule has 2 rings (SSSR count). The van der Waals surface area contributed by atoms with Crippen molar-refractivity contribution in [2.75, 3.05) is 27.3 Å². The van der Waals surface area contributed by atoms with E-state index in [2.05, 4.69) is 0 Å². The minimum atomic E-state index is -0.791. The van der Waals surface area contributed by atoms with Gasteiger partial charge in [-0.25, -0.2) is 0 Å². The fraction of sp³-hybridized carbons (Fsp3) is 0.533. The van der Waals surface area contributed by atoms with Gasteiger partial charge in [0.15, 0.2) is 0 Å². The van der Waals surface area contributed by atoms with Crippen molar-refractivity contribution in [3.8, 4) is 11.5 Å². The summed E-state index contributed by atoms with van der Waals surface area (Å²) in [5.41, 5.74) is 1.00. The summed E-state index contributed by atoms with van der Waals surface area (Å²) < 4.78 is 10.5. The van der Waals surface area contributed by atoms with Crippen LogP contribution < -0.4 is 9.47 Å². The summed E-state index contributed by atoms with van der Waals surface area (Å²) in [4.78, 5) is 12.9. The van der Waals surface area contributed by atoms with Crippen LogP contribution in [0.5, 0.6) is 11.5 Å². The van der Waals surface area contributed by atoms with Gasteiger partial charge in [0.1, 0.15) is 11.5 Å². The lowest BCUT2D eigenvalue weighted by atomic mass is 10.1. The molecule has 1 fully saturated rings. The molecule has 110 valence electrons. The highest BCUT2D eigenvalue weighted by atomic mass is 16.5. The Morgan fingerprint density at radius 1 is 1.25 bits per heavy atom. The number of aliphatic carboxylic acids is 1. The first kappa shape index (κ1) is 14.7. The first-order valence-corrected chi connectivity index (χ1v) is 6.77. The van der Waals surface area contributed by atoms with Crippen LogP contribution >= 0.6 is 0 Å². The van der Waals surface area contributed by atoms with E-state index in [9.17, 15) is 4.79 Å². The highest BCUT2D eigenvalue weighted by Gasteiger charge is 2.25. The fourth-order valence-electron chi connectivity index (χ4n) is 2.26. The second-order valence-electron chi connectivity index (χ2n) is 5.23. The van der Waals surface area contributed by atoms with Gasteiger partial charge in [-0.05, 0) is 36.5 Å². The summed E-state index contributed by atoms with van der Waals surface area (Å²) >= 11 is 0. The van der Waals surface area contributed by atoms with Gasteiger partial charge in [0, 0.05) is 19.2 Å². The minimum Gasteiger partial charge on any atom is -0.497 e. The Kier molecular flexibility index (Phi) is 4.84. The summed E-state index contributed by atoms with van der Waals surface area (Å²) in [6.45, 7) is 1.50. The number of ether oxygens (including phenoxy) is 2. The molecule has 0 amide bonds. The van der Waals surface area contributed by atoms with Crippen LogP contribution in [0.15, 0.2) is 18.2 Å². The third-order valence-electron chi connectivity index (χ3n) is 3.39. The molecule has 1 saturated carbocycles. The molecule has 0 bridgehead atoms. The highest BCUT2D eigenvalue weighted by Crippen LogP contribution is 2.30. The molecule has 0 heterocycles. The normalized spacial score (nSPS) is 14.3. The number of hydrogen-bond acceptors (Lipinski definition) is 4. The quantitative estimate of drug-likeness (QED) is 0.788. The molecule has 0 radical (unpaired) electrons. The molecule has 1 N–H and O–H groups in total. The lowest BCUT2D eigenvalue weighted by Gasteiger charge is -2.20. The molecule has 1 aromatic rings. The maximum Gasteiger partial charge on any atom is 0.317 e. The zero-order chi connectivity index (χ0) is 14.5. The fourth-order valence-corrected chi connectivity index (χ4v) is 2.26. The Morgan fingerprint density at radius 3 is 2.30 bits per heavy atom. The molecule has 0 saturated heterocycles. The second kappa shape index (κ2) is 6.61. The molecule has 20 heavy (non-hydrogen) atoms. The molecule has 0 aliphatic heterocycles. The van der Waals surface area contributed by atoms with Gasteiger partial charge in [0.25, 0.3) is 0 Å². The topological polar surface area (TPSA) is 59.0 Å². The third-order valence-corrected chi connectivity index (χ3v) is 3.39. The summed E-state index contributed by atoms with van der Waals surface area (Å²) in [6, 6.07) is 5.65. The molecule has 5 nitrogen and oxygen atoms in total. The van der Waals surface area contributed by atoms with Crippen molar-refractivity contribution in [3.63, 3.8) is 0 Å². The van der Waals surface area contributed by atoms with Gasteiger partial charge in [0.2, 0.25) is 0 Å². The van der Waals surface area contributed by atoms with E-state index in [0.29, 0.717) is 12.5 Å². The molecule has 1 aromatic carbocycles. The summed E-state index contributed by atoms with van der Waals surface area (Å²) in [7, 11) is 3.22. The van der Waals surface area contributed by atoms with E-state index in [4.69, 9.17) is 14.6 Å². The number of nitrogens with zero attached hydrogens (tertiary/aromatic N) is 1. The van der Waals surface area contributed by atoms with Crippen LogP contribution in [0.2, 0.25) is 0 Å². The summed E-state index contributed by atoms with van der Waals surface area (Å²) in [6.07, 6.45) is 2.41. The number of hydrogen-bond donors (Lipinski definition) is 1. The van der Waals surface area contributed by atoms with Crippen molar-refractivity contribution in [3.05, 3.63) is 23.8 Å². The Bertz CT molecular complexity index is 449. The smallest absolute Gasteiger partial charge is 0.317 e. The standard InChI is InChI=1S/C15H21NO4/c1-19-13-5-12(6-14(7-13)20-2)9-16(10-15(17)18)8-11-3-4-11/h5-7,11H,3-4,8-10H2,1-2H3,(H,17,18). The van der Waals surface area contributed by atoms with Crippen LogP contribution in [-0.4, -0.2) is 43.3 Å². The van der Waals surface area contributed by atoms with Gasteiger partial charge in [-0.2, -0.15) is 0 Å². The first-order valence-electron chi connectivity index (χ1n) is 6.77. The monoisotopic (exact) mass is 279 g/mol. The molecule has 1 aliphatic rings. The highest BCUT2D eigenvalue weighted by molar-refractivity contribution is 5.69. The molecule has 0 aromatic heterocycles. The van der Waals surface area contributed by atoms with Crippen LogP contribution in [-0.2, 0) is 11.3 Å². The largest absolute Gasteiger partial charge is 0.497 e. The Morgan fingerprint density at radius 2 is 1.85 bits per heavy atom. The molecular weight excluding hydrogens is 258 g/mol. The maximum absolute atomic E-state index is 11.0. The van der Waals surface area contributed by atoms with Crippen LogP contribution in [0.1, 0.15) is 18.4 Å².